The molecule has 1 unspecified atom stereocenters. The molecule has 0 heterocycles. The molecule has 0 saturated heterocycles. The summed E-state index contributed by atoms with van der Waals surface area (Å²) >= 11 is 0. The second-order valence-corrected chi connectivity index (χ2v) is 4.29. The highest BCUT2D eigenvalue weighted by Crippen LogP contribution is 2.43. The molecule has 0 aliphatic heterocycles. The standard InChI is InChI=1S/C13H19NO2/c1-15-12-6-5-10(7-13(12)16-2)11(8-14)9-3-4-9/h5-7,9,11H,3-4,8,14H2,1-2H3. The fourth-order valence-corrected chi connectivity index (χ4v) is 2.18. The monoisotopic (exact) mass is 221 g/mol. The highest BCUT2D eigenvalue weighted by Gasteiger charge is 2.31. The number of ether oxygens (including phenoxy) is 2. The predicted octanol–water partition coefficient (Wildman–Crippen LogP) is 2.16. The molecule has 1 aromatic carbocycles. The van der Waals surface area contributed by atoms with Gasteiger partial charge in [0.25, 0.3) is 0 Å². The van der Waals surface area contributed by atoms with Gasteiger partial charge in [-0.15, -0.1) is 0 Å². The van der Waals surface area contributed by atoms with Gasteiger partial charge in [-0.1, -0.05) is 6.07 Å². The SMILES string of the molecule is COc1ccc(C(CN)C2CC2)cc1OC. The normalized spacial score (nSPS) is 16.9. The van der Waals surface area contributed by atoms with Crippen LogP contribution < -0.4 is 15.2 Å². The molecule has 0 bridgehead atoms. The molecule has 0 spiro atoms. The molecule has 1 aromatic rings. The molecular formula is C13H19NO2. The molecule has 3 heteroatoms. The van der Waals surface area contributed by atoms with E-state index in [0.717, 1.165) is 17.4 Å². The first-order valence-corrected chi connectivity index (χ1v) is 5.72. The Kier molecular flexibility index (Phi) is 3.34. The lowest BCUT2D eigenvalue weighted by atomic mass is 9.94. The Labute approximate surface area is 96.5 Å². The van der Waals surface area contributed by atoms with Crippen molar-refractivity contribution < 1.29 is 9.47 Å². The zero-order valence-electron chi connectivity index (χ0n) is 9.90. The minimum absolute atomic E-state index is 0.472. The number of methoxy groups -OCH3 is 2. The lowest BCUT2D eigenvalue weighted by Gasteiger charge is -2.16. The van der Waals surface area contributed by atoms with Crippen molar-refractivity contribution in [2.45, 2.75) is 18.8 Å². The highest BCUT2D eigenvalue weighted by atomic mass is 16.5. The third-order valence-electron chi connectivity index (χ3n) is 3.28. The predicted molar refractivity (Wildman–Crippen MR) is 64.1 cm³/mol. The Morgan fingerprint density at radius 1 is 1.25 bits per heavy atom. The number of hydrogen-bond donors (Lipinski definition) is 1. The molecule has 2 rings (SSSR count). The van der Waals surface area contributed by atoms with E-state index < -0.39 is 0 Å². The lowest BCUT2D eigenvalue weighted by Crippen LogP contribution is -2.14. The third-order valence-corrected chi connectivity index (χ3v) is 3.28. The largest absolute Gasteiger partial charge is 0.493 e. The Hall–Kier alpha value is -1.22. The van der Waals surface area contributed by atoms with Gasteiger partial charge < -0.3 is 15.2 Å². The van der Waals surface area contributed by atoms with Gasteiger partial charge in [-0.2, -0.15) is 0 Å². The van der Waals surface area contributed by atoms with Crippen LogP contribution in [0, 0.1) is 5.92 Å². The van der Waals surface area contributed by atoms with Crippen molar-refractivity contribution in [3.8, 4) is 11.5 Å². The quantitative estimate of drug-likeness (QED) is 0.828. The Morgan fingerprint density at radius 2 is 1.94 bits per heavy atom. The Morgan fingerprint density at radius 3 is 2.44 bits per heavy atom. The maximum atomic E-state index is 5.84. The topological polar surface area (TPSA) is 44.5 Å². The van der Waals surface area contributed by atoms with Crippen LogP contribution in [0.15, 0.2) is 18.2 Å². The van der Waals surface area contributed by atoms with Gasteiger partial charge in [-0.3, -0.25) is 0 Å². The van der Waals surface area contributed by atoms with E-state index >= 15 is 0 Å². The van der Waals surface area contributed by atoms with Gasteiger partial charge in [0.15, 0.2) is 11.5 Å². The second-order valence-electron chi connectivity index (χ2n) is 4.29. The molecule has 2 N–H and O–H groups in total. The summed E-state index contributed by atoms with van der Waals surface area (Å²) in [4.78, 5) is 0. The van der Waals surface area contributed by atoms with Crippen LogP contribution in [0.2, 0.25) is 0 Å². The average molecular weight is 221 g/mol. The smallest absolute Gasteiger partial charge is 0.160 e. The summed E-state index contributed by atoms with van der Waals surface area (Å²) in [6.45, 7) is 0.708. The third kappa shape index (κ3) is 2.14. The lowest BCUT2D eigenvalue weighted by molar-refractivity contribution is 0.354. The van der Waals surface area contributed by atoms with Crippen LogP contribution in [0.3, 0.4) is 0 Å². The fourth-order valence-electron chi connectivity index (χ4n) is 2.18. The Balaban J connectivity index is 2.26. The highest BCUT2D eigenvalue weighted by molar-refractivity contribution is 5.44. The van der Waals surface area contributed by atoms with Crippen LogP contribution in [0.1, 0.15) is 24.3 Å². The van der Waals surface area contributed by atoms with E-state index in [1.54, 1.807) is 14.2 Å². The number of rotatable bonds is 5. The molecule has 3 nitrogen and oxygen atoms in total. The van der Waals surface area contributed by atoms with Gasteiger partial charge in [0, 0.05) is 0 Å². The molecule has 0 amide bonds. The van der Waals surface area contributed by atoms with E-state index in [1.807, 2.05) is 6.07 Å². The van der Waals surface area contributed by atoms with Crippen molar-refractivity contribution in [1.82, 2.24) is 0 Å². The second kappa shape index (κ2) is 4.74. The average Bonchev–Trinajstić information content (AvgIpc) is 3.14. The first-order valence-electron chi connectivity index (χ1n) is 5.72. The van der Waals surface area contributed by atoms with Gasteiger partial charge in [0.1, 0.15) is 0 Å². The van der Waals surface area contributed by atoms with Crippen molar-refractivity contribution in [3.05, 3.63) is 23.8 Å². The molecule has 1 atom stereocenters. The van der Waals surface area contributed by atoms with Crippen molar-refractivity contribution in [2.75, 3.05) is 20.8 Å². The molecular weight excluding hydrogens is 202 g/mol. The van der Waals surface area contributed by atoms with E-state index in [0.29, 0.717) is 12.5 Å². The molecule has 0 aromatic heterocycles. The maximum Gasteiger partial charge on any atom is 0.160 e. The minimum atomic E-state index is 0.472. The van der Waals surface area contributed by atoms with Gasteiger partial charge in [0.05, 0.1) is 14.2 Å². The Bertz CT molecular complexity index is 361. The molecule has 16 heavy (non-hydrogen) atoms. The molecule has 88 valence electrons. The number of nitrogens with two attached hydrogens (primary N) is 1. The first kappa shape index (κ1) is 11.3. The summed E-state index contributed by atoms with van der Waals surface area (Å²) in [6.07, 6.45) is 2.60. The van der Waals surface area contributed by atoms with Crippen LogP contribution in [0.5, 0.6) is 11.5 Å². The number of hydrogen-bond acceptors (Lipinski definition) is 3. The number of benzene rings is 1. The van der Waals surface area contributed by atoms with Crippen LogP contribution in [-0.2, 0) is 0 Å². The van der Waals surface area contributed by atoms with Crippen molar-refractivity contribution in [3.63, 3.8) is 0 Å². The first-order chi connectivity index (χ1) is 7.80. The zero-order valence-corrected chi connectivity index (χ0v) is 9.90. The summed E-state index contributed by atoms with van der Waals surface area (Å²) in [5.74, 6) is 2.81. The minimum Gasteiger partial charge on any atom is -0.493 e. The van der Waals surface area contributed by atoms with E-state index in [2.05, 4.69) is 12.1 Å². The van der Waals surface area contributed by atoms with Crippen molar-refractivity contribution in [1.29, 1.82) is 0 Å². The summed E-state index contributed by atoms with van der Waals surface area (Å²) in [5, 5.41) is 0. The van der Waals surface area contributed by atoms with Gasteiger partial charge in [-0.25, -0.2) is 0 Å². The summed E-state index contributed by atoms with van der Waals surface area (Å²) in [5.41, 5.74) is 7.10. The zero-order chi connectivity index (χ0) is 11.5. The summed E-state index contributed by atoms with van der Waals surface area (Å²) < 4.78 is 10.5. The van der Waals surface area contributed by atoms with Crippen LogP contribution >= 0.6 is 0 Å². The molecule has 1 aliphatic carbocycles. The van der Waals surface area contributed by atoms with Crippen molar-refractivity contribution in [2.24, 2.45) is 11.7 Å². The van der Waals surface area contributed by atoms with E-state index in [-0.39, 0.29) is 0 Å². The van der Waals surface area contributed by atoms with E-state index in [9.17, 15) is 0 Å². The molecule has 0 radical (unpaired) electrons. The van der Waals surface area contributed by atoms with Gasteiger partial charge in [-0.05, 0) is 48.9 Å². The van der Waals surface area contributed by atoms with Crippen LogP contribution in [0.4, 0.5) is 0 Å². The van der Waals surface area contributed by atoms with Gasteiger partial charge >= 0.3 is 0 Å². The molecule has 1 saturated carbocycles. The molecule has 1 aliphatic rings. The van der Waals surface area contributed by atoms with Crippen molar-refractivity contribution >= 4 is 0 Å². The summed E-state index contributed by atoms with van der Waals surface area (Å²) in [7, 11) is 3.31. The van der Waals surface area contributed by atoms with E-state index in [4.69, 9.17) is 15.2 Å². The maximum absolute atomic E-state index is 5.84. The fraction of sp³-hybridized carbons (Fsp3) is 0.538. The van der Waals surface area contributed by atoms with Gasteiger partial charge in [0.2, 0.25) is 0 Å². The van der Waals surface area contributed by atoms with Crippen LogP contribution in [-0.4, -0.2) is 20.8 Å². The molecule has 1 fully saturated rings. The van der Waals surface area contributed by atoms with E-state index in [1.165, 1.54) is 18.4 Å². The van der Waals surface area contributed by atoms with Crippen LogP contribution in [0.25, 0.3) is 0 Å². The summed E-state index contributed by atoms with van der Waals surface area (Å²) in [6, 6.07) is 6.10.